The highest BCUT2D eigenvalue weighted by Gasteiger charge is 2.13. The van der Waals surface area contributed by atoms with Crippen LogP contribution in [0.3, 0.4) is 0 Å². The molecule has 7 heteroatoms. The summed E-state index contributed by atoms with van der Waals surface area (Å²) in [7, 11) is -0.977. The fraction of sp³-hybridized carbons (Fsp3) is 0.400. The number of nitrogens with zero attached hydrogens (tertiary/aromatic N) is 1. The Bertz CT molecular complexity index is 453. The SMILES string of the molecule is CC(CNc1nc(Cl)ccc1C(=O)O)S(C)=O. The topological polar surface area (TPSA) is 79.3 Å². The van der Waals surface area contributed by atoms with Crippen LogP contribution in [0.15, 0.2) is 12.1 Å². The van der Waals surface area contributed by atoms with E-state index in [2.05, 4.69) is 10.3 Å². The van der Waals surface area contributed by atoms with E-state index in [4.69, 9.17) is 16.7 Å². The molecule has 2 N–H and O–H groups in total. The van der Waals surface area contributed by atoms with Gasteiger partial charge in [-0.05, 0) is 19.1 Å². The molecule has 1 heterocycles. The summed E-state index contributed by atoms with van der Waals surface area (Å²) >= 11 is 5.70. The van der Waals surface area contributed by atoms with Crippen molar-refractivity contribution in [2.75, 3.05) is 18.1 Å². The minimum atomic E-state index is -1.08. The Hall–Kier alpha value is -1.14. The van der Waals surface area contributed by atoms with E-state index in [1.165, 1.54) is 12.1 Å². The zero-order valence-electron chi connectivity index (χ0n) is 9.44. The lowest BCUT2D eigenvalue weighted by atomic mass is 10.2. The summed E-state index contributed by atoms with van der Waals surface area (Å²) in [4.78, 5) is 14.8. The lowest BCUT2D eigenvalue weighted by molar-refractivity contribution is 0.0697. The van der Waals surface area contributed by atoms with Gasteiger partial charge in [-0.15, -0.1) is 0 Å². The molecular formula is C10H13ClN2O3S. The summed E-state index contributed by atoms with van der Waals surface area (Å²) in [5.74, 6) is -0.885. The zero-order valence-corrected chi connectivity index (χ0v) is 11.0. The number of carbonyl (C=O) groups is 1. The normalized spacial score (nSPS) is 14.1. The molecule has 1 rings (SSSR count). The summed E-state index contributed by atoms with van der Waals surface area (Å²) in [5, 5.41) is 11.9. The van der Waals surface area contributed by atoms with Crippen molar-refractivity contribution in [3.8, 4) is 0 Å². The number of pyridine rings is 1. The second kappa shape index (κ2) is 5.97. The van der Waals surface area contributed by atoms with Gasteiger partial charge in [0.2, 0.25) is 0 Å². The Kier molecular flexibility index (Phi) is 4.89. The Morgan fingerprint density at radius 1 is 1.65 bits per heavy atom. The molecule has 0 spiro atoms. The molecule has 0 aliphatic rings. The average Bonchev–Trinajstić information content (AvgIpc) is 2.25. The molecule has 0 saturated carbocycles. The summed E-state index contributed by atoms with van der Waals surface area (Å²) in [6, 6.07) is 2.80. The van der Waals surface area contributed by atoms with Gasteiger partial charge in [0.1, 0.15) is 16.5 Å². The highest BCUT2D eigenvalue weighted by molar-refractivity contribution is 7.84. The number of nitrogens with one attached hydrogen (secondary N) is 1. The van der Waals surface area contributed by atoms with Gasteiger partial charge in [-0.25, -0.2) is 9.78 Å². The van der Waals surface area contributed by atoms with Crippen LogP contribution < -0.4 is 5.32 Å². The molecule has 0 bridgehead atoms. The van der Waals surface area contributed by atoms with Crippen LogP contribution in [-0.4, -0.2) is 38.3 Å². The standard InChI is InChI=1S/C10H13ClN2O3S/c1-6(17(2)16)5-12-9-7(10(14)15)3-4-8(11)13-9/h3-4,6H,5H2,1-2H3,(H,12,13)(H,14,15). The number of carboxylic acid groups (broad SMARTS) is 1. The molecule has 2 unspecified atom stereocenters. The third kappa shape index (κ3) is 3.98. The predicted molar refractivity (Wildman–Crippen MR) is 68.2 cm³/mol. The monoisotopic (exact) mass is 276 g/mol. The van der Waals surface area contributed by atoms with Crippen LogP contribution in [0.5, 0.6) is 0 Å². The summed E-state index contributed by atoms with van der Waals surface area (Å²) < 4.78 is 11.2. The van der Waals surface area contributed by atoms with Gasteiger partial charge in [-0.1, -0.05) is 11.6 Å². The summed E-state index contributed by atoms with van der Waals surface area (Å²) in [6.07, 6.45) is 1.59. The van der Waals surface area contributed by atoms with Crippen molar-refractivity contribution in [3.63, 3.8) is 0 Å². The Morgan fingerprint density at radius 3 is 2.82 bits per heavy atom. The van der Waals surface area contributed by atoms with Crippen LogP contribution in [0.25, 0.3) is 0 Å². The van der Waals surface area contributed by atoms with Gasteiger partial charge in [0.25, 0.3) is 0 Å². The minimum absolute atomic E-state index is 0.0449. The number of hydrogen-bond acceptors (Lipinski definition) is 4. The van der Waals surface area contributed by atoms with Crippen molar-refractivity contribution in [1.29, 1.82) is 0 Å². The van der Waals surface area contributed by atoms with Crippen LogP contribution >= 0.6 is 11.6 Å². The summed E-state index contributed by atoms with van der Waals surface area (Å²) in [6.45, 7) is 2.17. The lowest BCUT2D eigenvalue weighted by Gasteiger charge is -2.12. The Morgan fingerprint density at radius 2 is 2.29 bits per heavy atom. The number of halogens is 1. The molecule has 0 radical (unpaired) electrons. The molecule has 0 aliphatic heterocycles. The smallest absolute Gasteiger partial charge is 0.339 e. The maximum Gasteiger partial charge on any atom is 0.339 e. The van der Waals surface area contributed by atoms with Gasteiger partial charge in [0, 0.05) is 28.9 Å². The van der Waals surface area contributed by atoms with E-state index >= 15 is 0 Å². The van der Waals surface area contributed by atoms with Gasteiger partial charge in [0.15, 0.2) is 0 Å². The van der Waals surface area contributed by atoms with E-state index in [-0.39, 0.29) is 21.8 Å². The maximum absolute atomic E-state index is 11.2. The average molecular weight is 277 g/mol. The van der Waals surface area contributed by atoms with Crippen LogP contribution in [0.2, 0.25) is 5.15 Å². The third-order valence-corrected chi connectivity index (χ3v) is 3.73. The molecule has 1 aromatic rings. The Balaban J connectivity index is 2.85. The van der Waals surface area contributed by atoms with Gasteiger partial charge in [-0.3, -0.25) is 4.21 Å². The molecule has 0 fully saturated rings. The van der Waals surface area contributed by atoms with E-state index in [9.17, 15) is 9.00 Å². The quantitative estimate of drug-likeness (QED) is 0.799. The molecule has 94 valence electrons. The number of aromatic carboxylic acids is 1. The van der Waals surface area contributed by atoms with Crippen molar-refractivity contribution >= 4 is 34.2 Å². The Labute approximate surface area is 107 Å². The highest BCUT2D eigenvalue weighted by atomic mass is 35.5. The first kappa shape index (κ1) is 13.9. The molecule has 17 heavy (non-hydrogen) atoms. The minimum Gasteiger partial charge on any atom is -0.478 e. The van der Waals surface area contributed by atoms with Crippen LogP contribution in [0.4, 0.5) is 5.82 Å². The maximum atomic E-state index is 11.2. The predicted octanol–water partition coefficient (Wildman–Crippen LogP) is 1.61. The van der Waals surface area contributed by atoms with E-state index in [1.54, 1.807) is 13.2 Å². The first-order chi connectivity index (χ1) is 7.91. The van der Waals surface area contributed by atoms with E-state index < -0.39 is 16.8 Å². The van der Waals surface area contributed by atoms with Gasteiger partial charge < -0.3 is 10.4 Å². The lowest BCUT2D eigenvalue weighted by Crippen LogP contribution is -2.22. The van der Waals surface area contributed by atoms with Crippen molar-refractivity contribution in [2.45, 2.75) is 12.2 Å². The van der Waals surface area contributed by atoms with Crippen molar-refractivity contribution in [1.82, 2.24) is 4.98 Å². The first-order valence-electron chi connectivity index (χ1n) is 4.87. The number of carboxylic acids is 1. The third-order valence-electron chi connectivity index (χ3n) is 2.22. The first-order valence-corrected chi connectivity index (χ1v) is 6.87. The second-order valence-electron chi connectivity index (χ2n) is 3.53. The van der Waals surface area contributed by atoms with Gasteiger partial charge in [0.05, 0.1) is 0 Å². The van der Waals surface area contributed by atoms with Crippen molar-refractivity contribution in [2.24, 2.45) is 0 Å². The van der Waals surface area contributed by atoms with Gasteiger partial charge >= 0.3 is 5.97 Å². The second-order valence-corrected chi connectivity index (χ2v) is 5.71. The molecule has 2 atom stereocenters. The fourth-order valence-corrected chi connectivity index (χ4v) is 1.57. The number of anilines is 1. The largest absolute Gasteiger partial charge is 0.478 e. The summed E-state index contributed by atoms with van der Waals surface area (Å²) in [5.41, 5.74) is 0.0449. The van der Waals surface area contributed by atoms with Crippen LogP contribution in [0, 0.1) is 0 Å². The zero-order chi connectivity index (χ0) is 13.0. The molecule has 0 amide bonds. The molecule has 0 saturated heterocycles. The number of hydrogen-bond donors (Lipinski definition) is 2. The number of rotatable bonds is 5. The fourth-order valence-electron chi connectivity index (χ4n) is 1.10. The van der Waals surface area contributed by atoms with Crippen LogP contribution in [-0.2, 0) is 10.8 Å². The van der Waals surface area contributed by atoms with E-state index in [0.29, 0.717) is 6.54 Å². The van der Waals surface area contributed by atoms with Crippen LogP contribution in [0.1, 0.15) is 17.3 Å². The van der Waals surface area contributed by atoms with Crippen molar-refractivity contribution < 1.29 is 14.1 Å². The van der Waals surface area contributed by atoms with Gasteiger partial charge in [-0.2, -0.15) is 0 Å². The molecular weight excluding hydrogens is 264 g/mol. The number of aromatic nitrogens is 1. The van der Waals surface area contributed by atoms with E-state index in [1.807, 2.05) is 0 Å². The molecule has 0 aliphatic carbocycles. The van der Waals surface area contributed by atoms with E-state index in [0.717, 1.165) is 0 Å². The molecule has 5 nitrogen and oxygen atoms in total. The molecule has 0 aromatic carbocycles. The highest BCUT2D eigenvalue weighted by Crippen LogP contribution is 2.16. The van der Waals surface area contributed by atoms with Crippen molar-refractivity contribution in [3.05, 3.63) is 22.8 Å². The molecule has 1 aromatic heterocycles.